The quantitative estimate of drug-likeness (QED) is 0.460. The second-order valence-electron chi connectivity index (χ2n) is 8.39. The van der Waals surface area contributed by atoms with Crippen molar-refractivity contribution in [3.05, 3.63) is 76.9 Å². The Morgan fingerprint density at radius 2 is 1.73 bits per heavy atom. The molecule has 33 heavy (non-hydrogen) atoms. The smallest absolute Gasteiger partial charge is 0.357 e. The van der Waals surface area contributed by atoms with Gasteiger partial charge < -0.3 is 19.5 Å². The average Bonchev–Trinajstić information content (AvgIpc) is 3.13. The van der Waals surface area contributed by atoms with Gasteiger partial charge in [0.05, 0.1) is 12.2 Å². The van der Waals surface area contributed by atoms with Gasteiger partial charge in [0.1, 0.15) is 17.1 Å². The minimum atomic E-state index is -1.31. The molecule has 0 saturated carbocycles. The highest BCUT2D eigenvalue weighted by Crippen LogP contribution is 2.28. The summed E-state index contributed by atoms with van der Waals surface area (Å²) in [4.78, 5) is 29.0. The molecule has 0 aliphatic rings. The third-order valence-corrected chi connectivity index (χ3v) is 5.33. The number of ether oxygens (including phenoxy) is 1. The van der Waals surface area contributed by atoms with Crippen LogP contribution in [0.2, 0.25) is 0 Å². The number of carbonyl (C=O) groups excluding carboxylic acids is 1. The Labute approximate surface area is 193 Å². The molecule has 2 N–H and O–H groups in total. The zero-order chi connectivity index (χ0) is 24.2. The molecule has 0 fully saturated rings. The topological polar surface area (TPSA) is 102 Å². The van der Waals surface area contributed by atoms with E-state index < -0.39 is 17.5 Å². The number of aromatic carboxylic acids is 1. The molecule has 0 aliphatic carbocycles. The molecule has 0 unspecified atom stereocenters. The lowest BCUT2D eigenvalue weighted by Crippen LogP contribution is -2.23. The zero-order valence-corrected chi connectivity index (χ0v) is 19.5. The fraction of sp³-hybridized carbons (Fsp3) is 0.346. The molecule has 2 aromatic carbocycles. The maximum atomic E-state index is 12.8. The number of rotatable bonds is 9. The van der Waals surface area contributed by atoms with E-state index in [4.69, 9.17) is 4.74 Å². The molecule has 0 spiro atoms. The summed E-state index contributed by atoms with van der Waals surface area (Å²) in [5.41, 5.74) is 1.84. The van der Waals surface area contributed by atoms with Crippen LogP contribution in [0.4, 0.5) is 0 Å². The Morgan fingerprint density at radius 3 is 2.30 bits per heavy atom. The van der Waals surface area contributed by atoms with Crippen molar-refractivity contribution in [3.8, 4) is 11.1 Å². The largest absolute Gasteiger partial charge is 0.478 e. The van der Waals surface area contributed by atoms with Crippen molar-refractivity contribution in [2.75, 3.05) is 6.61 Å². The van der Waals surface area contributed by atoms with Gasteiger partial charge >= 0.3 is 11.9 Å². The van der Waals surface area contributed by atoms with Crippen molar-refractivity contribution < 1.29 is 24.5 Å². The van der Waals surface area contributed by atoms with Crippen molar-refractivity contribution in [3.63, 3.8) is 0 Å². The van der Waals surface area contributed by atoms with Gasteiger partial charge in [0, 0.05) is 13.0 Å². The maximum Gasteiger partial charge on any atom is 0.357 e. The zero-order valence-electron chi connectivity index (χ0n) is 19.5. The van der Waals surface area contributed by atoms with Gasteiger partial charge in [-0.25, -0.2) is 14.6 Å². The number of benzene rings is 2. The van der Waals surface area contributed by atoms with Crippen LogP contribution >= 0.6 is 0 Å². The minimum absolute atomic E-state index is 0.218. The molecular formula is C26H30N2O5. The number of aromatic nitrogens is 2. The predicted octanol–water partition coefficient (Wildman–Crippen LogP) is 4.65. The molecule has 0 radical (unpaired) electrons. The third kappa shape index (κ3) is 5.31. The normalized spacial score (nSPS) is 11.4. The van der Waals surface area contributed by atoms with E-state index >= 15 is 0 Å². The summed E-state index contributed by atoms with van der Waals surface area (Å²) in [6, 6.07) is 14.4. The summed E-state index contributed by atoms with van der Waals surface area (Å²) in [5.74, 6) is -0.787. The second kappa shape index (κ2) is 10.0. The molecule has 0 bridgehead atoms. The van der Waals surface area contributed by atoms with E-state index in [2.05, 4.69) is 4.98 Å². The SMILES string of the molecule is CCCc1nc(C(C)(C)O)c(C(=O)OCC)n1Cc1ccc(-c2ccccc2C(=O)O)cc1. The Morgan fingerprint density at radius 1 is 1.06 bits per heavy atom. The van der Waals surface area contributed by atoms with Gasteiger partial charge in [0.25, 0.3) is 0 Å². The summed E-state index contributed by atoms with van der Waals surface area (Å²) in [5, 5.41) is 20.1. The van der Waals surface area contributed by atoms with Gasteiger partial charge in [-0.05, 0) is 49.9 Å². The van der Waals surface area contributed by atoms with Crippen molar-refractivity contribution in [2.24, 2.45) is 0 Å². The Kier molecular flexibility index (Phi) is 7.33. The molecule has 0 atom stereocenters. The number of aryl methyl sites for hydroxylation is 1. The number of imidazole rings is 1. The van der Waals surface area contributed by atoms with Crippen molar-refractivity contribution >= 4 is 11.9 Å². The van der Waals surface area contributed by atoms with Crippen LogP contribution < -0.4 is 0 Å². The van der Waals surface area contributed by atoms with E-state index in [0.717, 1.165) is 17.5 Å². The van der Waals surface area contributed by atoms with E-state index in [1.165, 1.54) is 0 Å². The summed E-state index contributed by atoms with van der Waals surface area (Å²) in [6.45, 7) is 7.56. The number of aliphatic hydroxyl groups is 1. The highest BCUT2D eigenvalue weighted by Gasteiger charge is 2.32. The second-order valence-corrected chi connectivity index (χ2v) is 8.39. The van der Waals surface area contributed by atoms with Gasteiger partial charge in [0.15, 0.2) is 5.69 Å². The first kappa shape index (κ1) is 24.2. The van der Waals surface area contributed by atoms with Crippen LogP contribution in [0.3, 0.4) is 0 Å². The van der Waals surface area contributed by atoms with Crippen LogP contribution in [0.15, 0.2) is 48.5 Å². The lowest BCUT2D eigenvalue weighted by molar-refractivity contribution is 0.0469. The molecule has 7 heteroatoms. The first-order valence-electron chi connectivity index (χ1n) is 11.1. The molecule has 174 valence electrons. The van der Waals surface area contributed by atoms with Crippen LogP contribution in [0.5, 0.6) is 0 Å². The summed E-state index contributed by atoms with van der Waals surface area (Å²) in [6.07, 6.45) is 1.47. The van der Waals surface area contributed by atoms with E-state index in [1.54, 1.807) is 39.0 Å². The lowest BCUT2D eigenvalue weighted by atomic mass is 9.98. The van der Waals surface area contributed by atoms with Crippen molar-refractivity contribution in [2.45, 2.75) is 52.7 Å². The average molecular weight is 451 g/mol. The Balaban J connectivity index is 2.03. The van der Waals surface area contributed by atoms with Crippen LogP contribution in [-0.4, -0.2) is 38.3 Å². The number of carboxylic acid groups (broad SMARTS) is 1. The lowest BCUT2D eigenvalue weighted by Gasteiger charge is -2.17. The fourth-order valence-electron chi connectivity index (χ4n) is 3.81. The molecule has 0 aliphatic heterocycles. The number of carbonyl (C=O) groups is 2. The van der Waals surface area contributed by atoms with Gasteiger partial charge in [-0.3, -0.25) is 0 Å². The predicted molar refractivity (Wildman–Crippen MR) is 125 cm³/mol. The van der Waals surface area contributed by atoms with Gasteiger partial charge in [-0.2, -0.15) is 0 Å². The van der Waals surface area contributed by atoms with Crippen LogP contribution in [0.1, 0.15) is 72.0 Å². The highest BCUT2D eigenvalue weighted by atomic mass is 16.5. The Bertz CT molecular complexity index is 1140. The molecule has 3 aromatic rings. The number of hydrogen-bond donors (Lipinski definition) is 2. The van der Waals surface area contributed by atoms with E-state index in [1.807, 2.05) is 41.8 Å². The molecule has 0 amide bonds. The number of carboxylic acids is 1. The first-order valence-corrected chi connectivity index (χ1v) is 11.1. The molecule has 3 rings (SSSR count). The Hall–Kier alpha value is -3.45. The van der Waals surface area contributed by atoms with Crippen LogP contribution in [0, 0.1) is 0 Å². The number of nitrogens with zero attached hydrogens (tertiary/aromatic N) is 2. The van der Waals surface area contributed by atoms with Gasteiger partial charge in [-0.15, -0.1) is 0 Å². The maximum absolute atomic E-state index is 12.8. The van der Waals surface area contributed by atoms with E-state index in [9.17, 15) is 19.8 Å². The summed E-state index contributed by atoms with van der Waals surface area (Å²) < 4.78 is 7.09. The summed E-state index contributed by atoms with van der Waals surface area (Å²) in [7, 11) is 0. The van der Waals surface area contributed by atoms with Crippen molar-refractivity contribution in [1.29, 1.82) is 0 Å². The number of esters is 1. The van der Waals surface area contributed by atoms with Crippen LogP contribution in [-0.2, 0) is 23.3 Å². The monoisotopic (exact) mass is 450 g/mol. The van der Waals surface area contributed by atoms with E-state index in [0.29, 0.717) is 30.0 Å². The molecule has 0 saturated heterocycles. The molecule has 1 aromatic heterocycles. The third-order valence-electron chi connectivity index (χ3n) is 5.33. The first-order chi connectivity index (χ1) is 15.7. The molecule has 1 heterocycles. The van der Waals surface area contributed by atoms with Gasteiger partial charge in [-0.1, -0.05) is 49.4 Å². The molecular weight excluding hydrogens is 420 g/mol. The molecule has 7 nitrogen and oxygen atoms in total. The van der Waals surface area contributed by atoms with Crippen molar-refractivity contribution in [1.82, 2.24) is 9.55 Å². The fourth-order valence-corrected chi connectivity index (χ4v) is 3.81. The minimum Gasteiger partial charge on any atom is -0.478 e. The van der Waals surface area contributed by atoms with Gasteiger partial charge in [0.2, 0.25) is 0 Å². The highest BCUT2D eigenvalue weighted by molar-refractivity contribution is 5.96. The standard InChI is InChI=1S/C26H30N2O5/c1-5-9-21-27-23(26(3,4)32)22(25(31)33-6-2)28(21)16-17-12-14-18(15-13-17)19-10-7-8-11-20(19)24(29)30/h7-8,10-15,32H,5-6,9,16H2,1-4H3,(H,29,30). The summed E-state index contributed by atoms with van der Waals surface area (Å²) >= 11 is 0. The number of hydrogen-bond acceptors (Lipinski definition) is 5. The van der Waals surface area contributed by atoms with Crippen LogP contribution in [0.25, 0.3) is 11.1 Å². The van der Waals surface area contributed by atoms with E-state index in [-0.39, 0.29) is 17.9 Å².